The van der Waals surface area contributed by atoms with E-state index in [2.05, 4.69) is 0 Å². The molecule has 0 saturated heterocycles. The van der Waals surface area contributed by atoms with Crippen LogP contribution in [0.15, 0.2) is 0 Å². The molecule has 0 aromatic carbocycles. The Morgan fingerprint density at radius 2 is 0.800 bits per heavy atom. The first-order chi connectivity index (χ1) is 2.00. The Bertz CT molecular complexity index is 23.1. The van der Waals surface area contributed by atoms with Gasteiger partial charge in [-0.05, 0) is 0 Å². The molecule has 0 heterocycles. The van der Waals surface area contributed by atoms with Gasteiger partial charge in [-0.15, -0.1) is 0 Å². The molecule has 0 aliphatic carbocycles. The van der Waals surface area contributed by atoms with E-state index in [-0.39, 0.29) is 45.5 Å². The van der Waals surface area contributed by atoms with Crippen LogP contribution >= 0.6 is 0 Å². The summed E-state index contributed by atoms with van der Waals surface area (Å²) in [5.41, 5.74) is 0. The zero-order chi connectivity index (χ0) is 4.00. The summed E-state index contributed by atoms with van der Waals surface area (Å²) in [6.07, 6.45) is 0. The van der Waals surface area contributed by atoms with E-state index in [9.17, 15) is 0 Å². The van der Waals surface area contributed by atoms with Crippen molar-refractivity contribution < 1.29 is 0 Å². The van der Waals surface area contributed by atoms with Gasteiger partial charge < -0.3 is 23.7 Å². The van der Waals surface area contributed by atoms with Crippen molar-refractivity contribution in [1.29, 1.82) is 10.5 Å². The van der Waals surface area contributed by atoms with Crippen molar-refractivity contribution in [2.75, 3.05) is 0 Å². The molecule has 0 radical (unpaired) electrons. The van der Waals surface area contributed by atoms with E-state index in [1.54, 1.807) is 0 Å². The quantitative estimate of drug-likeness (QED) is 0.345. The van der Waals surface area contributed by atoms with E-state index < -0.39 is 0 Å². The molecular formula is C2N2Sr. The third-order valence-electron chi connectivity index (χ3n) is 0. The maximum absolute atomic E-state index is 6.25. The predicted molar refractivity (Wildman–Crippen MR) is 15.7 cm³/mol. The van der Waals surface area contributed by atoms with E-state index in [0.29, 0.717) is 0 Å². The summed E-state index contributed by atoms with van der Waals surface area (Å²) in [5, 5.41) is 12.5. The van der Waals surface area contributed by atoms with Gasteiger partial charge in [0.2, 0.25) is 0 Å². The van der Waals surface area contributed by atoms with Crippen LogP contribution in [0, 0.1) is 23.7 Å². The SMILES string of the molecule is [C-]#N.[C-]#N.[Sr+2]. The summed E-state index contributed by atoms with van der Waals surface area (Å²) >= 11 is 0. The minimum Gasteiger partial charge on any atom is -0.512 e. The molecule has 0 spiro atoms. The average Bonchev–Trinajstić information content (AvgIpc) is 1.50. The first-order valence-electron chi connectivity index (χ1n) is 0.447. The average molecular weight is 140 g/mol. The van der Waals surface area contributed by atoms with Gasteiger partial charge in [0.15, 0.2) is 0 Å². The first kappa shape index (κ1) is 17.9. The second-order valence-corrected chi connectivity index (χ2v) is 0. The van der Waals surface area contributed by atoms with Crippen LogP contribution in [0.2, 0.25) is 0 Å². The molecule has 0 aromatic rings. The first-order valence-corrected chi connectivity index (χ1v) is 0.447. The summed E-state index contributed by atoms with van der Waals surface area (Å²) < 4.78 is 0. The molecule has 0 rings (SSSR count). The molecule has 0 unspecified atom stereocenters. The van der Waals surface area contributed by atoms with Gasteiger partial charge in [-0.3, -0.25) is 0 Å². The van der Waals surface area contributed by atoms with E-state index in [4.69, 9.17) is 23.7 Å². The molecule has 0 atom stereocenters. The van der Waals surface area contributed by atoms with E-state index in [1.165, 1.54) is 0 Å². The fourth-order valence-corrected chi connectivity index (χ4v) is 0. The summed E-state index contributed by atoms with van der Waals surface area (Å²) in [7, 11) is 0. The zero-order valence-corrected chi connectivity index (χ0v) is 6.08. The maximum Gasteiger partial charge on any atom is 2.00 e. The smallest absolute Gasteiger partial charge is 0.512 e. The second-order valence-electron chi connectivity index (χ2n) is 0. The van der Waals surface area contributed by atoms with Crippen molar-refractivity contribution in [1.82, 2.24) is 0 Å². The zero-order valence-electron chi connectivity index (χ0n) is 2.60. The van der Waals surface area contributed by atoms with Crippen molar-refractivity contribution >= 4 is 45.5 Å². The van der Waals surface area contributed by atoms with E-state index in [1.807, 2.05) is 0 Å². The Kier molecular flexibility index (Phi) is 904. The van der Waals surface area contributed by atoms with Crippen LogP contribution in [0.3, 0.4) is 0 Å². The van der Waals surface area contributed by atoms with Crippen LogP contribution in [0.4, 0.5) is 0 Å². The van der Waals surface area contributed by atoms with Crippen molar-refractivity contribution in [2.24, 2.45) is 0 Å². The minimum absolute atomic E-state index is 0. The molecule has 0 N–H and O–H groups in total. The van der Waals surface area contributed by atoms with Gasteiger partial charge in [-0.2, -0.15) is 0 Å². The summed E-state index contributed by atoms with van der Waals surface area (Å²) in [4.78, 5) is 0. The molecule has 0 fully saturated rings. The number of rotatable bonds is 0. The van der Waals surface area contributed by atoms with Crippen LogP contribution in [-0.2, 0) is 0 Å². The van der Waals surface area contributed by atoms with Gasteiger partial charge in [0.1, 0.15) is 0 Å². The van der Waals surface area contributed by atoms with Gasteiger partial charge in [0.05, 0.1) is 0 Å². The molecule has 0 aliphatic rings. The van der Waals surface area contributed by atoms with Crippen LogP contribution in [0.25, 0.3) is 0 Å². The Labute approximate surface area is 68.3 Å². The van der Waals surface area contributed by atoms with Crippen molar-refractivity contribution in [3.05, 3.63) is 13.1 Å². The minimum atomic E-state index is 0. The van der Waals surface area contributed by atoms with Crippen molar-refractivity contribution in [3.8, 4) is 0 Å². The summed E-state index contributed by atoms with van der Waals surface area (Å²) in [6, 6.07) is 0. The Morgan fingerprint density at radius 1 is 0.800 bits per heavy atom. The Balaban J connectivity index is -0.0000000133. The van der Waals surface area contributed by atoms with Gasteiger partial charge in [0.25, 0.3) is 0 Å². The standard InChI is InChI=1S/2CN.Sr/c2*1-2;/q2*-1;+2. The molecule has 3 heteroatoms. The van der Waals surface area contributed by atoms with Crippen molar-refractivity contribution in [3.63, 3.8) is 0 Å². The molecular weight excluding hydrogens is 140 g/mol. The summed E-state index contributed by atoms with van der Waals surface area (Å²) in [5.74, 6) is 0. The molecule has 0 saturated carbocycles. The van der Waals surface area contributed by atoms with Gasteiger partial charge >= 0.3 is 45.5 Å². The second kappa shape index (κ2) is 252. The van der Waals surface area contributed by atoms with Crippen LogP contribution in [0.1, 0.15) is 0 Å². The molecule has 20 valence electrons. The molecule has 0 aliphatic heterocycles. The van der Waals surface area contributed by atoms with Crippen LogP contribution in [0.5, 0.6) is 0 Å². The maximum atomic E-state index is 6.25. The van der Waals surface area contributed by atoms with E-state index in [0.717, 1.165) is 0 Å². The van der Waals surface area contributed by atoms with Crippen LogP contribution < -0.4 is 0 Å². The Morgan fingerprint density at radius 3 is 0.800 bits per heavy atom. The molecule has 0 aromatic heterocycles. The molecule has 0 amide bonds. The number of nitrogens with zero attached hydrogens (tertiary/aromatic N) is 2. The summed E-state index contributed by atoms with van der Waals surface area (Å²) in [6.45, 7) is 9.50. The third-order valence-corrected chi connectivity index (χ3v) is 0. The van der Waals surface area contributed by atoms with Gasteiger partial charge in [-0.25, -0.2) is 0 Å². The fourth-order valence-electron chi connectivity index (χ4n) is 0. The predicted octanol–water partition coefficient (Wildman–Crippen LogP) is -0.188. The van der Waals surface area contributed by atoms with Crippen LogP contribution in [-0.4, -0.2) is 45.5 Å². The van der Waals surface area contributed by atoms with E-state index >= 15 is 0 Å². The molecule has 2 nitrogen and oxygen atoms in total. The topological polar surface area (TPSA) is 47.6 Å². The third kappa shape index (κ3) is 127. The molecule has 5 heavy (non-hydrogen) atoms. The largest absolute Gasteiger partial charge is 2.00 e. The monoisotopic (exact) mass is 140 g/mol. The fraction of sp³-hybridized carbons (Fsp3) is 0. The van der Waals surface area contributed by atoms with Crippen molar-refractivity contribution in [2.45, 2.75) is 0 Å². The number of hydrogen-bond donors (Lipinski definition) is 0. The van der Waals surface area contributed by atoms with Gasteiger partial charge in [-0.1, -0.05) is 0 Å². The molecule has 0 bridgehead atoms. The van der Waals surface area contributed by atoms with Gasteiger partial charge in [0, 0.05) is 0 Å². The normalized spacial score (nSPS) is 0.800. The Hall–Kier alpha value is 0.461. The number of hydrogen-bond acceptors (Lipinski definition) is 2.